The third-order valence-electron chi connectivity index (χ3n) is 15.6. The predicted octanol–water partition coefficient (Wildman–Crippen LogP) is 20.2. The zero-order chi connectivity index (χ0) is 54.7. The predicted molar refractivity (Wildman–Crippen MR) is 334 cm³/mol. The Bertz CT molecular complexity index is 4250. The minimum absolute atomic E-state index is 0. The van der Waals surface area contributed by atoms with Crippen molar-refractivity contribution in [2.75, 3.05) is 9.80 Å². The minimum atomic E-state index is 0. The van der Waals surface area contributed by atoms with Crippen LogP contribution in [-0.4, -0.2) is 9.55 Å². The van der Waals surface area contributed by atoms with Crippen LogP contribution in [0, 0.1) is 25.7 Å². The standard InChI is InChI=1S/C75H61N4O.Pt/c1-50-43-72(76-48-66(50)55-35-40-58(41-36-55)75(5,6)7)79-67-42-37-56(51-21-11-8-12-22-51)44-64(67)65-46-63(53-25-15-10-16-26-53)71(47-70(65)79)80-60-28-19-27-59(45-60)77-49-78(69-32-18-17-31-68(69)77)73-61(52-23-13-9-14-24-52)29-20-30-62(73)54-33-38-57(39-34-54)74(2,3)4;/h8-44,46,48-49H,1-7H3;/q-3;. The molecule has 0 bridgehead atoms. The van der Waals surface area contributed by atoms with Gasteiger partial charge >= 0.3 is 0 Å². The first-order chi connectivity index (χ1) is 38.8. The van der Waals surface area contributed by atoms with Crippen LogP contribution < -0.4 is 14.5 Å². The zero-order valence-corrected chi connectivity index (χ0v) is 48.9. The van der Waals surface area contributed by atoms with Gasteiger partial charge in [-0.3, -0.25) is 0 Å². The second-order valence-electron chi connectivity index (χ2n) is 23.0. The fourth-order valence-corrected chi connectivity index (χ4v) is 11.3. The first-order valence-corrected chi connectivity index (χ1v) is 27.6. The van der Waals surface area contributed by atoms with Crippen molar-refractivity contribution in [1.82, 2.24) is 9.55 Å². The molecule has 6 heteroatoms. The molecule has 0 N–H and O–H groups in total. The van der Waals surface area contributed by atoms with Crippen molar-refractivity contribution in [1.29, 1.82) is 0 Å². The van der Waals surface area contributed by atoms with Crippen LogP contribution in [0.25, 0.3) is 83.3 Å². The molecule has 400 valence electrons. The van der Waals surface area contributed by atoms with Gasteiger partial charge in [0.25, 0.3) is 0 Å². The van der Waals surface area contributed by atoms with Gasteiger partial charge in [0.15, 0.2) is 0 Å². The summed E-state index contributed by atoms with van der Waals surface area (Å²) in [5.41, 5.74) is 20.8. The van der Waals surface area contributed by atoms with E-state index in [4.69, 9.17) is 9.72 Å². The Balaban J connectivity index is 0.00000651. The van der Waals surface area contributed by atoms with Crippen molar-refractivity contribution in [3.05, 3.63) is 272 Å². The number of nitrogens with zero attached hydrogens (tertiary/aromatic N) is 4. The van der Waals surface area contributed by atoms with Crippen molar-refractivity contribution in [3.63, 3.8) is 0 Å². The van der Waals surface area contributed by atoms with Crippen LogP contribution in [0.1, 0.15) is 58.2 Å². The van der Waals surface area contributed by atoms with Gasteiger partial charge in [0, 0.05) is 78.0 Å². The molecule has 0 atom stereocenters. The van der Waals surface area contributed by atoms with Crippen molar-refractivity contribution >= 4 is 44.6 Å². The fraction of sp³-hybridized carbons (Fsp3) is 0.120. The Morgan fingerprint density at radius 2 is 0.963 bits per heavy atom. The number of fused-ring (bicyclic) bond motifs is 4. The summed E-state index contributed by atoms with van der Waals surface area (Å²) in [7, 11) is 0. The van der Waals surface area contributed by atoms with E-state index in [0.29, 0.717) is 11.5 Å². The summed E-state index contributed by atoms with van der Waals surface area (Å²) in [4.78, 5) is 9.81. The summed E-state index contributed by atoms with van der Waals surface area (Å²) in [6.07, 6.45) is 2.02. The van der Waals surface area contributed by atoms with Crippen LogP contribution in [0.3, 0.4) is 0 Å². The maximum atomic E-state index is 7.17. The maximum absolute atomic E-state index is 7.17. The number of hydrogen-bond acceptors (Lipinski definition) is 4. The smallest absolute Gasteiger partial charge is 0.135 e. The summed E-state index contributed by atoms with van der Waals surface area (Å²) in [6.45, 7) is 17.9. The first kappa shape index (κ1) is 52.9. The van der Waals surface area contributed by atoms with Crippen molar-refractivity contribution in [3.8, 4) is 73.0 Å². The quantitative estimate of drug-likeness (QED) is 0.128. The Morgan fingerprint density at radius 1 is 0.444 bits per heavy atom. The van der Waals surface area contributed by atoms with Gasteiger partial charge in [-0.1, -0.05) is 240 Å². The number of pyridine rings is 1. The average Bonchev–Trinajstić information content (AvgIpc) is 4.17. The second-order valence-corrected chi connectivity index (χ2v) is 23.0. The van der Waals surface area contributed by atoms with Gasteiger partial charge in [0.2, 0.25) is 0 Å². The van der Waals surface area contributed by atoms with Gasteiger partial charge in [-0.15, -0.1) is 42.0 Å². The molecule has 0 spiro atoms. The van der Waals surface area contributed by atoms with Gasteiger partial charge in [-0.25, -0.2) is 4.98 Å². The van der Waals surface area contributed by atoms with E-state index < -0.39 is 0 Å². The van der Waals surface area contributed by atoms with Gasteiger partial charge in [-0.05, 0) is 91.9 Å². The molecule has 13 rings (SSSR count). The van der Waals surface area contributed by atoms with Crippen molar-refractivity contribution in [2.45, 2.75) is 59.3 Å². The molecular weight excluding hydrogens is 1170 g/mol. The SMILES string of the molecule is Cc1cc(-n2c3[c-]c(Oc4[c-]c(N5[CH-]N(c6c(-c7ccccc7)cccc6-c6ccc(C(C)(C)C)cc6)c6ccccc65)ccc4)c(-c4ccccc4)cc3c3cc(-c4ccccc4)ccc32)ncc1-c1ccc(C(C)(C)C)cc1.[Pt]. The molecule has 0 aliphatic carbocycles. The van der Waals surface area contributed by atoms with Gasteiger partial charge < -0.3 is 19.1 Å². The molecule has 10 aromatic carbocycles. The number of para-hydroxylation sites is 3. The van der Waals surface area contributed by atoms with E-state index in [0.717, 1.165) is 112 Å². The Morgan fingerprint density at radius 3 is 1.56 bits per heavy atom. The second kappa shape index (κ2) is 21.4. The van der Waals surface area contributed by atoms with Crippen LogP contribution in [0.5, 0.6) is 11.5 Å². The molecule has 2 aromatic heterocycles. The number of aryl methyl sites for hydroxylation is 1. The number of benzene rings is 10. The van der Waals surface area contributed by atoms with E-state index in [1.54, 1.807) is 0 Å². The number of rotatable bonds is 10. The van der Waals surface area contributed by atoms with Crippen molar-refractivity contribution in [2.24, 2.45) is 0 Å². The Hall–Kier alpha value is -8.76. The molecule has 12 aromatic rings. The van der Waals surface area contributed by atoms with E-state index >= 15 is 0 Å². The maximum Gasteiger partial charge on any atom is 0.135 e. The molecule has 0 fully saturated rings. The molecule has 3 heterocycles. The van der Waals surface area contributed by atoms with Crippen LogP contribution in [0.15, 0.2) is 237 Å². The summed E-state index contributed by atoms with van der Waals surface area (Å²) >= 11 is 0. The van der Waals surface area contributed by atoms with Crippen LogP contribution >= 0.6 is 0 Å². The van der Waals surface area contributed by atoms with Crippen LogP contribution in [0.2, 0.25) is 0 Å². The molecule has 0 amide bonds. The minimum Gasteiger partial charge on any atom is -0.509 e. The molecule has 0 unspecified atom stereocenters. The molecule has 0 saturated carbocycles. The molecule has 81 heavy (non-hydrogen) atoms. The molecule has 5 nitrogen and oxygen atoms in total. The van der Waals surface area contributed by atoms with E-state index in [2.05, 4.69) is 300 Å². The molecule has 1 aliphatic rings. The third kappa shape index (κ3) is 10.1. The van der Waals surface area contributed by atoms with E-state index in [-0.39, 0.29) is 31.9 Å². The van der Waals surface area contributed by atoms with Gasteiger partial charge in [-0.2, -0.15) is 12.1 Å². The molecule has 0 saturated heterocycles. The molecular formula is C75H61N4OPt-3. The third-order valence-corrected chi connectivity index (χ3v) is 15.6. The summed E-state index contributed by atoms with van der Waals surface area (Å²) < 4.78 is 9.42. The van der Waals surface area contributed by atoms with Crippen molar-refractivity contribution < 1.29 is 25.8 Å². The van der Waals surface area contributed by atoms with E-state index in [9.17, 15) is 0 Å². The zero-order valence-electron chi connectivity index (χ0n) is 46.6. The summed E-state index contributed by atoms with van der Waals surface area (Å²) in [5.74, 6) is 1.96. The first-order valence-electron chi connectivity index (χ1n) is 27.6. The van der Waals surface area contributed by atoms with Gasteiger partial charge in [0.1, 0.15) is 5.82 Å². The normalized spacial score (nSPS) is 12.4. The molecule has 1 aliphatic heterocycles. The number of hydrogen-bond donors (Lipinski definition) is 0. The van der Waals surface area contributed by atoms with E-state index in [1.807, 2.05) is 18.3 Å². The Labute approximate surface area is 491 Å². The summed E-state index contributed by atoms with van der Waals surface area (Å²) in [6, 6.07) is 89.9. The monoisotopic (exact) mass is 1230 g/mol. The number of aromatic nitrogens is 2. The number of ether oxygens (including phenoxy) is 1. The Kier molecular flexibility index (Phi) is 14.0. The fourth-order valence-electron chi connectivity index (χ4n) is 11.3. The average molecular weight is 1230 g/mol. The van der Waals surface area contributed by atoms with Gasteiger partial charge in [0.05, 0.1) is 0 Å². The largest absolute Gasteiger partial charge is 0.509 e. The van der Waals surface area contributed by atoms with Crippen LogP contribution in [-0.2, 0) is 31.9 Å². The van der Waals surface area contributed by atoms with Crippen LogP contribution in [0.4, 0.5) is 22.7 Å². The topological polar surface area (TPSA) is 33.5 Å². The summed E-state index contributed by atoms with van der Waals surface area (Å²) in [5, 5.41) is 2.15. The number of anilines is 4. The molecule has 0 radical (unpaired) electrons. The van der Waals surface area contributed by atoms with E-state index in [1.165, 1.54) is 11.1 Å².